The second kappa shape index (κ2) is 36.2. The fourth-order valence-corrected chi connectivity index (χ4v) is 11.8. The van der Waals surface area contributed by atoms with Crippen LogP contribution in [0.4, 0.5) is 0 Å². The van der Waals surface area contributed by atoms with Gasteiger partial charge in [0.15, 0.2) is 5.96 Å². The molecule has 2 aliphatic heterocycles. The van der Waals surface area contributed by atoms with E-state index in [1.807, 2.05) is 72.8 Å². The van der Waals surface area contributed by atoms with Crippen molar-refractivity contribution in [3.8, 4) is 0 Å². The summed E-state index contributed by atoms with van der Waals surface area (Å²) in [5.41, 5.74) is 12.9. The van der Waals surface area contributed by atoms with Crippen LogP contribution in [-0.2, 0) is 76.8 Å². The SMILES string of the molecule is CC(=O)N[C@H](Cc1ccc2ccccc2c1)C(=O)N[C@H](Cc1ccc(Cl)cc1)C(=O)N[C@@H]1CC(=O)NCCC[C@@H](C(=O)N2CCC[C@H]2C(=O)N[C@H](C)C(=O)O)NC(=O)[C@H](CC(C)C)NC(=O)[C@@H](Cc2ccc3ccccc3c2)NC(=O)[C@H](CCCN=C(N)N)NC(=O)[C@H](CO)NC1=O. The zero-order valence-corrected chi connectivity index (χ0v) is 55.8. The van der Waals surface area contributed by atoms with E-state index in [0.29, 0.717) is 28.1 Å². The lowest BCUT2D eigenvalue weighted by molar-refractivity contribution is -0.144. The van der Waals surface area contributed by atoms with Gasteiger partial charge in [-0.25, -0.2) is 0 Å². The topological polar surface area (TPSA) is 433 Å². The molecule has 2 fully saturated rings. The monoisotopic (exact) mass is 1370 g/mol. The maximum atomic E-state index is 14.9. The van der Waals surface area contributed by atoms with Crippen LogP contribution >= 0.6 is 11.6 Å². The fraction of sp³-hybridized carbons (Fsp3) is 0.435. The van der Waals surface area contributed by atoms with E-state index in [9.17, 15) is 67.7 Å². The van der Waals surface area contributed by atoms with Gasteiger partial charge < -0.3 is 79.7 Å². The van der Waals surface area contributed by atoms with Crippen molar-refractivity contribution in [2.24, 2.45) is 22.4 Å². The fourth-order valence-electron chi connectivity index (χ4n) is 11.6. The Kier molecular flexibility index (Phi) is 27.8. The number of carboxylic acid groups (broad SMARTS) is 1. The normalized spacial score (nSPS) is 21.0. The maximum absolute atomic E-state index is 14.9. The molecule has 16 N–H and O–H groups in total. The summed E-state index contributed by atoms with van der Waals surface area (Å²) in [6, 6.07) is 17.2. The molecule has 524 valence electrons. The molecule has 0 bridgehead atoms. The lowest BCUT2D eigenvalue weighted by Crippen LogP contribution is -2.61. The molecule has 0 unspecified atom stereocenters. The number of aliphatic hydroxyl groups is 1. The minimum atomic E-state index is -1.91. The van der Waals surface area contributed by atoms with E-state index < -0.39 is 144 Å². The van der Waals surface area contributed by atoms with Gasteiger partial charge in [-0.3, -0.25) is 62.5 Å². The number of carbonyl (C=O) groups is 12. The lowest BCUT2D eigenvalue weighted by atomic mass is 9.98. The standard InChI is InChI=1S/C69H87ClN14O14/c1-38(2)30-51-60(89)78-50(67(96)84-29-11-18-57(84)66(95)75-39(3)68(97)98)17-10-27-73-58(87)36-55(82-62(91)53(33-41-21-25-48(70)26-22-41)81-61(90)52(76-40(4)86)34-42-19-23-44-12-5-7-14-46(44)31-42)64(93)83-56(37-85)65(94)77-49(16-9-28-74-69(71)72)59(88)80-54(63(92)79-51)35-43-20-24-45-13-6-8-15-47(45)32-43/h5-8,12-15,19-26,31-32,38-39,49-57,85H,9-11,16-18,27-30,33-37H2,1-4H3,(H,73,87)(H,75,95)(H,76,86)(H,77,94)(H,78,89)(H,79,92)(H,80,88)(H,81,90)(H,82,91)(H,83,93)(H,97,98)(H4,71,72,74)/t39-,49+,50+,51+,52-,53-,54-,55-,56+,57+/m1/s1. The first-order chi connectivity index (χ1) is 46.7. The molecule has 98 heavy (non-hydrogen) atoms. The van der Waals surface area contributed by atoms with Crippen LogP contribution in [-0.4, -0.2) is 179 Å². The number of hydrogen-bond acceptors (Lipinski definition) is 14. The van der Waals surface area contributed by atoms with Crippen molar-refractivity contribution in [2.75, 3.05) is 26.2 Å². The lowest BCUT2D eigenvalue weighted by Gasteiger charge is -2.31. The van der Waals surface area contributed by atoms with Crippen molar-refractivity contribution in [1.29, 1.82) is 0 Å². The van der Waals surface area contributed by atoms with E-state index in [1.165, 1.54) is 18.7 Å². The minimum Gasteiger partial charge on any atom is -0.480 e. The van der Waals surface area contributed by atoms with Gasteiger partial charge in [-0.15, -0.1) is 0 Å². The smallest absolute Gasteiger partial charge is 0.325 e. The highest BCUT2D eigenvalue weighted by molar-refractivity contribution is 6.30. The number of benzene rings is 5. The highest BCUT2D eigenvalue weighted by atomic mass is 35.5. The van der Waals surface area contributed by atoms with Crippen LogP contribution in [0.15, 0.2) is 114 Å². The third-order valence-electron chi connectivity index (χ3n) is 16.8. The predicted molar refractivity (Wildman–Crippen MR) is 365 cm³/mol. The number of rotatable bonds is 22. The summed E-state index contributed by atoms with van der Waals surface area (Å²) >= 11 is 6.24. The average molecular weight is 1370 g/mol. The Morgan fingerprint density at radius 3 is 1.84 bits per heavy atom. The van der Waals surface area contributed by atoms with E-state index in [-0.39, 0.29) is 89.3 Å². The Bertz CT molecular complexity index is 3760. The average Bonchev–Trinajstić information content (AvgIpc) is 1.37. The first kappa shape index (κ1) is 75.2. The molecule has 2 saturated heterocycles. The Morgan fingerprint density at radius 1 is 0.643 bits per heavy atom. The second-order valence-electron chi connectivity index (χ2n) is 25.0. The van der Waals surface area contributed by atoms with Crippen LogP contribution in [0.1, 0.15) is 95.8 Å². The van der Waals surface area contributed by atoms with Crippen molar-refractivity contribution in [2.45, 2.75) is 159 Å². The third-order valence-corrected chi connectivity index (χ3v) is 17.0. The Labute approximate surface area is 571 Å². The number of aliphatic imine (C=N–C) groups is 1. The number of guanidine groups is 1. The number of carbonyl (C=O) groups excluding carboxylic acids is 11. The molecule has 0 saturated carbocycles. The number of nitrogens with one attached hydrogen (secondary N) is 10. The number of fused-ring (bicyclic) bond motifs is 2. The highest BCUT2D eigenvalue weighted by Crippen LogP contribution is 2.23. The molecule has 2 heterocycles. The highest BCUT2D eigenvalue weighted by Gasteiger charge is 2.41. The third kappa shape index (κ3) is 22.4. The number of halogens is 1. The van der Waals surface area contributed by atoms with Crippen LogP contribution < -0.4 is 64.6 Å². The molecular formula is C69H87ClN14O14. The molecule has 5 aromatic carbocycles. The Balaban J connectivity index is 1.25. The zero-order valence-electron chi connectivity index (χ0n) is 55.1. The van der Waals surface area contributed by atoms with Crippen molar-refractivity contribution in [3.05, 3.63) is 131 Å². The van der Waals surface area contributed by atoms with Crippen LogP contribution in [0.2, 0.25) is 5.02 Å². The molecule has 0 spiro atoms. The van der Waals surface area contributed by atoms with Crippen LogP contribution in [0.3, 0.4) is 0 Å². The maximum Gasteiger partial charge on any atom is 0.325 e. The van der Waals surface area contributed by atoms with Gasteiger partial charge in [-0.05, 0) is 108 Å². The molecule has 0 radical (unpaired) electrons. The van der Waals surface area contributed by atoms with Crippen molar-refractivity contribution in [1.82, 2.24) is 58.1 Å². The molecule has 0 aliphatic carbocycles. The number of aliphatic hydroxyl groups excluding tert-OH is 1. The Morgan fingerprint density at radius 2 is 1.20 bits per heavy atom. The summed E-state index contributed by atoms with van der Waals surface area (Å²) in [5, 5.41) is 50.5. The summed E-state index contributed by atoms with van der Waals surface area (Å²) in [5.74, 6) is -11.6. The molecular weight excluding hydrogens is 1280 g/mol. The van der Waals surface area contributed by atoms with Crippen molar-refractivity contribution in [3.63, 3.8) is 0 Å². The second-order valence-corrected chi connectivity index (χ2v) is 25.4. The summed E-state index contributed by atoms with van der Waals surface area (Å²) < 4.78 is 0. The molecule has 29 heteroatoms. The van der Waals surface area contributed by atoms with Gasteiger partial charge in [-0.2, -0.15) is 0 Å². The molecule has 10 atom stereocenters. The molecule has 0 aromatic heterocycles. The number of likely N-dealkylation sites (tertiary alicyclic amines) is 1. The van der Waals surface area contributed by atoms with E-state index >= 15 is 0 Å². The number of amides is 11. The van der Waals surface area contributed by atoms with Crippen LogP contribution in [0.5, 0.6) is 0 Å². The summed E-state index contributed by atoms with van der Waals surface area (Å²) in [4.78, 5) is 176. The van der Waals surface area contributed by atoms with Crippen LogP contribution in [0.25, 0.3) is 21.5 Å². The Hall–Kier alpha value is -10.2. The number of nitrogens with two attached hydrogens (primary N) is 2. The largest absolute Gasteiger partial charge is 0.480 e. The van der Waals surface area contributed by atoms with Gasteiger partial charge in [0.2, 0.25) is 65.0 Å². The van der Waals surface area contributed by atoms with Gasteiger partial charge in [0.25, 0.3) is 0 Å². The minimum absolute atomic E-state index is 0.000364. The predicted octanol–water partition coefficient (Wildman–Crippen LogP) is 0.545. The number of nitrogens with zero attached hydrogens (tertiary/aromatic N) is 2. The van der Waals surface area contributed by atoms with Gasteiger partial charge in [-0.1, -0.05) is 123 Å². The quantitative estimate of drug-likeness (QED) is 0.0256. The van der Waals surface area contributed by atoms with Gasteiger partial charge in [0.05, 0.1) is 13.0 Å². The van der Waals surface area contributed by atoms with Crippen molar-refractivity contribution >= 4 is 110 Å². The van der Waals surface area contributed by atoms with E-state index in [2.05, 4.69) is 58.2 Å². The van der Waals surface area contributed by atoms with Gasteiger partial charge in [0.1, 0.15) is 60.4 Å². The zero-order chi connectivity index (χ0) is 71.2. The summed E-state index contributed by atoms with van der Waals surface area (Å²) in [7, 11) is 0. The summed E-state index contributed by atoms with van der Waals surface area (Å²) in [6.45, 7) is 4.70. The molecule has 28 nitrogen and oxygen atoms in total. The first-order valence-electron chi connectivity index (χ1n) is 32.6. The molecule has 11 amide bonds. The van der Waals surface area contributed by atoms with E-state index in [0.717, 1.165) is 21.5 Å². The van der Waals surface area contributed by atoms with Crippen molar-refractivity contribution < 1.29 is 67.7 Å². The van der Waals surface area contributed by atoms with E-state index in [4.69, 9.17) is 23.1 Å². The van der Waals surface area contributed by atoms with E-state index in [1.54, 1.807) is 50.2 Å². The first-order valence-corrected chi connectivity index (χ1v) is 33.0. The van der Waals surface area contributed by atoms with Gasteiger partial charge >= 0.3 is 5.97 Å². The molecule has 5 aromatic rings. The molecule has 2 aliphatic rings. The number of aliphatic carboxylic acids is 1. The molecule has 7 rings (SSSR count). The number of carboxylic acids is 1. The van der Waals surface area contributed by atoms with Gasteiger partial charge in [0, 0.05) is 50.8 Å². The summed E-state index contributed by atoms with van der Waals surface area (Å²) in [6.07, 6.45) is -1.26. The van der Waals surface area contributed by atoms with Crippen LogP contribution in [0, 0.1) is 5.92 Å². The number of hydrogen-bond donors (Lipinski definition) is 14.